The molecule has 1 rings (SSSR count). The van der Waals surface area contributed by atoms with E-state index < -0.39 is 5.97 Å². The Labute approximate surface area is 100.0 Å². The van der Waals surface area contributed by atoms with E-state index in [9.17, 15) is 4.79 Å². The van der Waals surface area contributed by atoms with Crippen LogP contribution in [0.15, 0.2) is 24.3 Å². The molecule has 0 fully saturated rings. The zero-order valence-corrected chi connectivity index (χ0v) is 9.91. The van der Waals surface area contributed by atoms with Gasteiger partial charge < -0.3 is 9.84 Å². The first-order valence-corrected chi connectivity index (χ1v) is 5.63. The molecule has 0 radical (unpaired) electrons. The maximum atomic E-state index is 10.4. The third-order valence-electron chi connectivity index (χ3n) is 2.09. The van der Waals surface area contributed by atoms with E-state index >= 15 is 0 Å². The van der Waals surface area contributed by atoms with Gasteiger partial charge in [0.1, 0.15) is 5.75 Å². The Morgan fingerprint density at radius 2 is 2.06 bits per heavy atom. The number of carbonyl (C=O) groups is 1. The highest BCUT2D eigenvalue weighted by Crippen LogP contribution is 2.16. The van der Waals surface area contributed by atoms with E-state index in [0.717, 1.165) is 11.3 Å². The van der Waals surface area contributed by atoms with Crippen LogP contribution in [0.1, 0.15) is 18.9 Å². The number of halogens is 1. The number of hydrogen-bond donors (Lipinski definition) is 1. The maximum absolute atomic E-state index is 10.4. The van der Waals surface area contributed by atoms with Gasteiger partial charge in [0.15, 0.2) is 0 Å². The number of rotatable bonds is 6. The molecule has 4 heteroatoms. The van der Waals surface area contributed by atoms with Crippen molar-refractivity contribution >= 4 is 17.6 Å². The summed E-state index contributed by atoms with van der Waals surface area (Å²) in [6, 6.07) is 7.54. The topological polar surface area (TPSA) is 46.5 Å². The lowest BCUT2D eigenvalue weighted by Gasteiger charge is -2.08. The first kappa shape index (κ1) is 12.8. The molecule has 0 aromatic heterocycles. The number of carboxylic acids is 1. The van der Waals surface area contributed by atoms with Gasteiger partial charge in [-0.2, -0.15) is 0 Å². The van der Waals surface area contributed by atoms with Crippen molar-refractivity contribution in [1.29, 1.82) is 0 Å². The van der Waals surface area contributed by atoms with Crippen LogP contribution in [0.4, 0.5) is 0 Å². The Morgan fingerprint density at radius 1 is 1.44 bits per heavy atom. The van der Waals surface area contributed by atoms with Crippen molar-refractivity contribution in [3.05, 3.63) is 29.8 Å². The summed E-state index contributed by atoms with van der Waals surface area (Å²) in [5.41, 5.74) is 1.02. The molecule has 16 heavy (non-hydrogen) atoms. The molecule has 0 heterocycles. The van der Waals surface area contributed by atoms with E-state index in [-0.39, 0.29) is 11.8 Å². The van der Waals surface area contributed by atoms with Gasteiger partial charge in [0.05, 0.1) is 13.0 Å². The van der Waals surface area contributed by atoms with Crippen LogP contribution in [0.5, 0.6) is 5.75 Å². The van der Waals surface area contributed by atoms with Gasteiger partial charge in [-0.25, -0.2) is 0 Å². The Hall–Kier alpha value is -1.22. The van der Waals surface area contributed by atoms with Gasteiger partial charge in [0.25, 0.3) is 0 Å². The average molecular weight is 243 g/mol. The fourth-order valence-electron chi connectivity index (χ4n) is 1.41. The zero-order valence-electron chi connectivity index (χ0n) is 9.15. The molecule has 0 bridgehead atoms. The van der Waals surface area contributed by atoms with Gasteiger partial charge >= 0.3 is 5.97 Å². The van der Waals surface area contributed by atoms with Gasteiger partial charge in [0, 0.05) is 5.38 Å². The molecule has 1 aromatic rings. The SMILES string of the molecule is CCOc1ccc(CC(Cl)CC(=O)O)cc1. The average Bonchev–Trinajstić information content (AvgIpc) is 2.20. The first-order valence-electron chi connectivity index (χ1n) is 5.19. The molecule has 3 nitrogen and oxygen atoms in total. The Bertz CT molecular complexity index is 335. The van der Waals surface area contributed by atoms with Gasteiger partial charge in [-0.3, -0.25) is 4.79 Å². The second-order valence-corrected chi connectivity index (χ2v) is 4.09. The molecule has 1 aromatic carbocycles. The minimum atomic E-state index is -0.870. The summed E-state index contributed by atoms with van der Waals surface area (Å²) in [6.07, 6.45) is 0.537. The van der Waals surface area contributed by atoms with Gasteiger partial charge in [-0.15, -0.1) is 11.6 Å². The third kappa shape index (κ3) is 4.53. The van der Waals surface area contributed by atoms with Crippen LogP contribution < -0.4 is 4.74 Å². The zero-order chi connectivity index (χ0) is 12.0. The van der Waals surface area contributed by atoms with Crippen molar-refractivity contribution in [2.75, 3.05) is 6.61 Å². The summed E-state index contributed by atoms with van der Waals surface area (Å²) in [4.78, 5) is 10.4. The normalized spacial score (nSPS) is 12.1. The second kappa shape index (κ2) is 6.38. The molecule has 0 amide bonds. The standard InChI is InChI=1S/C12H15ClO3/c1-2-16-11-5-3-9(4-6-11)7-10(13)8-12(14)15/h3-6,10H,2,7-8H2,1H3,(H,14,15). The minimum absolute atomic E-state index is 0.0191. The Balaban J connectivity index is 2.51. The summed E-state index contributed by atoms with van der Waals surface area (Å²) in [7, 11) is 0. The monoisotopic (exact) mass is 242 g/mol. The van der Waals surface area contributed by atoms with E-state index in [1.165, 1.54) is 0 Å². The van der Waals surface area contributed by atoms with E-state index in [1.54, 1.807) is 0 Å². The number of alkyl halides is 1. The van der Waals surface area contributed by atoms with Crippen molar-refractivity contribution in [2.24, 2.45) is 0 Å². The third-order valence-corrected chi connectivity index (χ3v) is 2.40. The summed E-state index contributed by atoms with van der Waals surface area (Å²) in [6.45, 7) is 2.56. The number of carboxylic acid groups (broad SMARTS) is 1. The van der Waals surface area contributed by atoms with E-state index in [2.05, 4.69) is 0 Å². The predicted octanol–water partition coefficient (Wildman–Crippen LogP) is 2.71. The van der Waals surface area contributed by atoms with Crippen molar-refractivity contribution in [3.63, 3.8) is 0 Å². The number of benzene rings is 1. The highest BCUT2D eigenvalue weighted by Gasteiger charge is 2.10. The molecule has 1 unspecified atom stereocenters. The van der Waals surface area contributed by atoms with Gasteiger partial charge in [-0.05, 0) is 31.0 Å². The van der Waals surface area contributed by atoms with Gasteiger partial charge in [-0.1, -0.05) is 12.1 Å². The molecule has 0 saturated heterocycles. The molecule has 0 saturated carbocycles. The molecule has 0 aliphatic rings. The largest absolute Gasteiger partial charge is 0.494 e. The summed E-state index contributed by atoms with van der Waals surface area (Å²) >= 11 is 5.90. The van der Waals surface area contributed by atoms with E-state index in [0.29, 0.717) is 13.0 Å². The lowest BCUT2D eigenvalue weighted by molar-refractivity contribution is -0.137. The first-order chi connectivity index (χ1) is 7.61. The molecular weight excluding hydrogens is 228 g/mol. The molecule has 0 aliphatic carbocycles. The van der Waals surface area contributed by atoms with Crippen LogP contribution in [-0.2, 0) is 11.2 Å². The lowest BCUT2D eigenvalue weighted by atomic mass is 10.1. The molecule has 0 aliphatic heterocycles. The minimum Gasteiger partial charge on any atom is -0.494 e. The summed E-state index contributed by atoms with van der Waals surface area (Å²) in [5.74, 6) is -0.0541. The van der Waals surface area contributed by atoms with Crippen LogP contribution in [0, 0.1) is 0 Å². The molecule has 88 valence electrons. The number of aliphatic carboxylic acids is 1. The maximum Gasteiger partial charge on any atom is 0.304 e. The summed E-state index contributed by atoms with van der Waals surface area (Å²) in [5, 5.41) is 8.21. The highest BCUT2D eigenvalue weighted by atomic mass is 35.5. The van der Waals surface area contributed by atoms with Crippen molar-refractivity contribution < 1.29 is 14.6 Å². The number of ether oxygens (including phenoxy) is 1. The van der Waals surface area contributed by atoms with Crippen LogP contribution in [0.3, 0.4) is 0 Å². The van der Waals surface area contributed by atoms with E-state index in [4.69, 9.17) is 21.4 Å². The highest BCUT2D eigenvalue weighted by molar-refractivity contribution is 6.21. The molecule has 0 spiro atoms. The van der Waals surface area contributed by atoms with Crippen molar-refractivity contribution in [2.45, 2.75) is 25.1 Å². The van der Waals surface area contributed by atoms with Crippen molar-refractivity contribution in [3.8, 4) is 5.75 Å². The summed E-state index contributed by atoms with van der Waals surface area (Å²) < 4.78 is 5.30. The smallest absolute Gasteiger partial charge is 0.304 e. The fraction of sp³-hybridized carbons (Fsp3) is 0.417. The van der Waals surface area contributed by atoms with E-state index in [1.807, 2.05) is 31.2 Å². The Morgan fingerprint density at radius 3 is 2.56 bits per heavy atom. The van der Waals surface area contributed by atoms with Crippen LogP contribution >= 0.6 is 11.6 Å². The quantitative estimate of drug-likeness (QED) is 0.781. The number of hydrogen-bond acceptors (Lipinski definition) is 2. The fourth-order valence-corrected chi connectivity index (χ4v) is 1.72. The van der Waals surface area contributed by atoms with Crippen LogP contribution in [0.2, 0.25) is 0 Å². The predicted molar refractivity (Wildman–Crippen MR) is 63.2 cm³/mol. The Kier molecular flexibility index (Phi) is 5.12. The van der Waals surface area contributed by atoms with Crippen LogP contribution in [0.25, 0.3) is 0 Å². The molecular formula is C12H15ClO3. The van der Waals surface area contributed by atoms with Gasteiger partial charge in [0.2, 0.25) is 0 Å². The molecule has 1 N–H and O–H groups in total. The van der Waals surface area contributed by atoms with Crippen LogP contribution in [-0.4, -0.2) is 23.1 Å². The lowest BCUT2D eigenvalue weighted by Crippen LogP contribution is -2.09. The second-order valence-electron chi connectivity index (χ2n) is 3.48. The van der Waals surface area contributed by atoms with Crippen molar-refractivity contribution in [1.82, 2.24) is 0 Å². The molecule has 1 atom stereocenters.